The Morgan fingerprint density at radius 3 is 2.79 bits per heavy atom. The summed E-state index contributed by atoms with van der Waals surface area (Å²) < 4.78 is 7.84. The minimum absolute atomic E-state index is 0.590. The van der Waals surface area contributed by atoms with Crippen LogP contribution in [0.4, 0.5) is 0 Å². The molecule has 0 radical (unpaired) electrons. The van der Waals surface area contributed by atoms with Crippen molar-refractivity contribution in [3.05, 3.63) is 35.5 Å². The highest BCUT2D eigenvalue weighted by molar-refractivity contribution is 7.98. The Hall–Kier alpha value is -1.46. The predicted octanol–water partition coefficient (Wildman–Crippen LogP) is 2.74. The van der Waals surface area contributed by atoms with Crippen LogP contribution in [0.5, 0.6) is 11.6 Å². The SMILES string of the molecule is CSc1ccccc1Oc1c(CCN)c(C)nn1C. The van der Waals surface area contributed by atoms with Gasteiger partial charge in [-0.1, -0.05) is 12.1 Å². The Morgan fingerprint density at radius 2 is 2.11 bits per heavy atom. The lowest BCUT2D eigenvalue weighted by Gasteiger charge is -2.11. The van der Waals surface area contributed by atoms with Crippen LogP contribution >= 0.6 is 11.8 Å². The molecule has 0 bridgehead atoms. The van der Waals surface area contributed by atoms with Crippen molar-refractivity contribution in [2.45, 2.75) is 18.2 Å². The predicted molar refractivity (Wildman–Crippen MR) is 79.0 cm³/mol. The van der Waals surface area contributed by atoms with E-state index in [4.69, 9.17) is 10.5 Å². The third-order valence-corrected chi connectivity index (χ3v) is 3.74. The molecule has 2 aromatic rings. The van der Waals surface area contributed by atoms with Gasteiger partial charge >= 0.3 is 0 Å². The monoisotopic (exact) mass is 277 g/mol. The van der Waals surface area contributed by atoms with Gasteiger partial charge in [-0.15, -0.1) is 11.8 Å². The zero-order chi connectivity index (χ0) is 13.8. The van der Waals surface area contributed by atoms with Crippen molar-refractivity contribution in [3.8, 4) is 11.6 Å². The molecule has 0 saturated carbocycles. The van der Waals surface area contributed by atoms with E-state index in [1.165, 1.54) is 0 Å². The molecule has 0 atom stereocenters. The summed E-state index contributed by atoms with van der Waals surface area (Å²) >= 11 is 1.67. The number of nitrogens with two attached hydrogens (primary N) is 1. The number of hydrogen-bond acceptors (Lipinski definition) is 4. The average molecular weight is 277 g/mol. The van der Waals surface area contributed by atoms with Crippen LogP contribution in [-0.4, -0.2) is 22.6 Å². The number of rotatable bonds is 5. The fourth-order valence-electron chi connectivity index (χ4n) is 2.05. The molecule has 4 nitrogen and oxygen atoms in total. The molecule has 1 heterocycles. The number of nitrogens with zero attached hydrogens (tertiary/aromatic N) is 2. The van der Waals surface area contributed by atoms with Gasteiger partial charge in [-0.3, -0.25) is 0 Å². The van der Waals surface area contributed by atoms with Crippen LogP contribution < -0.4 is 10.5 Å². The third kappa shape index (κ3) is 2.93. The summed E-state index contributed by atoms with van der Waals surface area (Å²) in [5, 5.41) is 4.41. The van der Waals surface area contributed by atoms with Crippen molar-refractivity contribution in [2.75, 3.05) is 12.8 Å². The molecule has 102 valence electrons. The smallest absolute Gasteiger partial charge is 0.221 e. The third-order valence-electron chi connectivity index (χ3n) is 2.96. The van der Waals surface area contributed by atoms with E-state index in [1.54, 1.807) is 16.4 Å². The van der Waals surface area contributed by atoms with Crippen LogP contribution in [0.15, 0.2) is 29.2 Å². The lowest BCUT2D eigenvalue weighted by Crippen LogP contribution is -2.05. The molecule has 19 heavy (non-hydrogen) atoms. The van der Waals surface area contributed by atoms with Crippen molar-refractivity contribution in [1.82, 2.24) is 9.78 Å². The molecule has 1 aromatic carbocycles. The standard InChI is InChI=1S/C14H19N3OS/c1-10-11(8-9-15)14(17(2)16-10)18-12-6-4-5-7-13(12)19-3/h4-7H,8-9,15H2,1-3H3. The van der Waals surface area contributed by atoms with E-state index in [-0.39, 0.29) is 0 Å². The lowest BCUT2D eigenvalue weighted by atomic mass is 10.2. The highest BCUT2D eigenvalue weighted by atomic mass is 32.2. The Kier molecular flexibility index (Phi) is 4.50. The van der Waals surface area contributed by atoms with Crippen molar-refractivity contribution in [2.24, 2.45) is 12.8 Å². The first-order valence-corrected chi connectivity index (χ1v) is 7.43. The van der Waals surface area contributed by atoms with Gasteiger partial charge < -0.3 is 10.5 Å². The molecule has 1 aromatic heterocycles. The molecule has 2 N–H and O–H groups in total. The summed E-state index contributed by atoms with van der Waals surface area (Å²) in [7, 11) is 1.89. The van der Waals surface area contributed by atoms with E-state index in [0.717, 1.165) is 34.2 Å². The van der Waals surface area contributed by atoms with Gasteiger partial charge in [-0.25, -0.2) is 4.68 Å². The molecule has 0 fully saturated rings. The molecular formula is C14H19N3OS. The van der Waals surface area contributed by atoms with Gasteiger partial charge in [0.1, 0.15) is 5.75 Å². The fourth-order valence-corrected chi connectivity index (χ4v) is 2.57. The number of ether oxygens (including phenoxy) is 1. The summed E-state index contributed by atoms with van der Waals surface area (Å²) in [6.45, 7) is 2.57. The van der Waals surface area contributed by atoms with Crippen LogP contribution in [0.2, 0.25) is 0 Å². The van der Waals surface area contributed by atoms with E-state index in [0.29, 0.717) is 6.54 Å². The maximum Gasteiger partial charge on any atom is 0.221 e. The van der Waals surface area contributed by atoms with Gasteiger partial charge in [-0.05, 0) is 38.3 Å². The lowest BCUT2D eigenvalue weighted by molar-refractivity contribution is 0.417. The number of benzene rings is 1. The summed E-state index contributed by atoms with van der Waals surface area (Å²) in [6, 6.07) is 8.00. The van der Waals surface area contributed by atoms with Gasteiger partial charge in [0.15, 0.2) is 0 Å². The fraction of sp³-hybridized carbons (Fsp3) is 0.357. The van der Waals surface area contributed by atoms with E-state index >= 15 is 0 Å². The highest BCUT2D eigenvalue weighted by Gasteiger charge is 2.15. The molecular weight excluding hydrogens is 258 g/mol. The Morgan fingerprint density at radius 1 is 1.37 bits per heavy atom. The van der Waals surface area contributed by atoms with Crippen molar-refractivity contribution < 1.29 is 4.74 Å². The van der Waals surface area contributed by atoms with Crippen LogP contribution in [0.3, 0.4) is 0 Å². The Balaban J connectivity index is 2.37. The second-order valence-electron chi connectivity index (χ2n) is 4.28. The molecule has 0 unspecified atom stereocenters. The van der Waals surface area contributed by atoms with Gasteiger partial charge in [0, 0.05) is 17.5 Å². The van der Waals surface area contributed by atoms with E-state index in [1.807, 2.05) is 44.5 Å². The maximum absolute atomic E-state index is 6.06. The molecule has 2 rings (SSSR count). The molecule has 0 spiro atoms. The molecule has 0 aliphatic heterocycles. The first kappa shape index (κ1) is 14.0. The maximum atomic E-state index is 6.06. The zero-order valence-corrected chi connectivity index (χ0v) is 12.3. The van der Waals surface area contributed by atoms with Crippen LogP contribution in [0.25, 0.3) is 0 Å². The number of para-hydroxylation sites is 1. The van der Waals surface area contributed by atoms with Gasteiger partial charge in [0.25, 0.3) is 0 Å². The topological polar surface area (TPSA) is 53.1 Å². The summed E-state index contributed by atoms with van der Waals surface area (Å²) in [5.41, 5.74) is 7.72. The quantitative estimate of drug-likeness (QED) is 0.854. The van der Waals surface area contributed by atoms with Gasteiger partial charge in [0.2, 0.25) is 5.88 Å². The first-order chi connectivity index (χ1) is 9.17. The van der Waals surface area contributed by atoms with Crippen LogP contribution in [0, 0.1) is 6.92 Å². The summed E-state index contributed by atoms with van der Waals surface area (Å²) in [6.07, 6.45) is 2.81. The minimum atomic E-state index is 0.590. The second-order valence-corrected chi connectivity index (χ2v) is 5.13. The number of thioether (sulfide) groups is 1. The van der Waals surface area contributed by atoms with Gasteiger partial charge in [0.05, 0.1) is 5.69 Å². The normalized spacial score (nSPS) is 10.7. The van der Waals surface area contributed by atoms with Crippen molar-refractivity contribution in [1.29, 1.82) is 0 Å². The van der Waals surface area contributed by atoms with E-state index in [9.17, 15) is 0 Å². The first-order valence-electron chi connectivity index (χ1n) is 6.20. The van der Waals surface area contributed by atoms with Crippen molar-refractivity contribution >= 4 is 11.8 Å². The second kappa shape index (κ2) is 6.12. The molecule has 0 aliphatic rings. The van der Waals surface area contributed by atoms with Crippen LogP contribution in [-0.2, 0) is 13.5 Å². The largest absolute Gasteiger partial charge is 0.438 e. The highest BCUT2D eigenvalue weighted by Crippen LogP contribution is 2.33. The molecule has 5 heteroatoms. The Labute approximate surface area is 117 Å². The molecule has 0 amide bonds. The molecule has 0 aliphatic carbocycles. The van der Waals surface area contributed by atoms with Gasteiger partial charge in [-0.2, -0.15) is 5.10 Å². The van der Waals surface area contributed by atoms with E-state index in [2.05, 4.69) is 5.10 Å². The zero-order valence-electron chi connectivity index (χ0n) is 11.5. The van der Waals surface area contributed by atoms with Crippen molar-refractivity contribution in [3.63, 3.8) is 0 Å². The molecule has 0 saturated heterocycles. The average Bonchev–Trinajstić information content (AvgIpc) is 2.67. The number of hydrogen-bond donors (Lipinski definition) is 1. The summed E-state index contributed by atoms with van der Waals surface area (Å²) in [5.74, 6) is 1.64. The van der Waals surface area contributed by atoms with E-state index < -0.39 is 0 Å². The minimum Gasteiger partial charge on any atom is -0.438 e. The number of aromatic nitrogens is 2. The summed E-state index contributed by atoms with van der Waals surface area (Å²) in [4.78, 5) is 1.11. The van der Waals surface area contributed by atoms with Crippen LogP contribution in [0.1, 0.15) is 11.3 Å². The number of aryl methyl sites for hydroxylation is 2. The Bertz CT molecular complexity index is 566.